The molecule has 0 saturated carbocycles. The molecule has 1 heterocycles. The third kappa shape index (κ3) is 2.85. The van der Waals surface area contributed by atoms with Gasteiger partial charge in [-0.15, -0.1) is 0 Å². The summed E-state index contributed by atoms with van der Waals surface area (Å²) in [5.41, 5.74) is 0.938. The lowest BCUT2D eigenvalue weighted by molar-refractivity contribution is -0.128. The van der Waals surface area contributed by atoms with Crippen molar-refractivity contribution in [3.8, 4) is 0 Å². The largest absolute Gasteiger partial charge is 0.490 e. The fraction of sp³-hybridized carbons (Fsp3) is 0.583. The molecule has 0 radical (unpaired) electrons. The molecule has 0 aromatic heterocycles. The van der Waals surface area contributed by atoms with Crippen molar-refractivity contribution < 1.29 is 14.6 Å². The van der Waals surface area contributed by atoms with E-state index >= 15 is 0 Å². The van der Waals surface area contributed by atoms with E-state index in [1.54, 1.807) is 11.0 Å². The number of carbonyl (C=O) groups excluding carboxylic acids is 1. The van der Waals surface area contributed by atoms with Crippen LogP contribution in [0.2, 0.25) is 0 Å². The van der Waals surface area contributed by atoms with Crippen LogP contribution >= 0.6 is 0 Å². The van der Waals surface area contributed by atoms with Gasteiger partial charge in [0.2, 0.25) is 5.91 Å². The second kappa shape index (κ2) is 5.16. The first-order valence-electron chi connectivity index (χ1n) is 5.35. The number of aliphatic hydroxyl groups excluding tert-OH is 1. The molecule has 1 aliphatic heterocycles. The van der Waals surface area contributed by atoms with Gasteiger partial charge in [-0.25, -0.2) is 0 Å². The zero-order valence-electron chi connectivity index (χ0n) is 10.1. The minimum atomic E-state index is -0.614. The summed E-state index contributed by atoms with van der Waals surface area (Å²) in [6, 6.07) is 0. The summed E-state index contributed by atoms with van der Waals surface area (Å²) in [7, 11) is 0. The van der Waals surface area contributed by atoms with Crippen molar-refractivity contribution in [2.45, 2.75) is 33.0 Å². The van der Waals surface area contributed by atoms with Gasteiger partial charge in [-0.2, -0.15) is 0 Å². The number of carbonyl (C=O) groups is 1. The number of nitrogens with zero attached hydrogens (tertiary/aromatic N) is 1. The second-order valence-corrected chi connectivity index (χ2v) is 4.09. The van der Waals surface area contributed by atoms with E-state index in [4.69, 9.17) is 4.74 Å². The average molecular weight is 225 g/mol. The third-order valence-electron chi connectivity index (χ3n) is 2.87. The molecule has 1 rings (SSSR count). The van der Waals surface area contributed by atoms with Crippen molar-refractivity contribution in [1.82, 2.24) is 4.90 Å². The highest BCUT2D eigenvalue weighted by atomic mass is 16.5. The molecule has 4 nitrogen and oxygen atoms in total. The molecular formula is C12H19NO3. The molecule has 90 valence electrons. The molecule has 2 atom stereocenters. The highest BCUT2D eigenvalue weighted by Crippen LogP contribution is 2.18. The van der Waals surface area contributed by atoms with Crippen molar-refractivity contribution in [2.24, 2.45) is 0 Å². The zero-order chi connectivity index (χ0) is 12.3. The van der Waals surface area contributed by atoms with Gasteiger partial charge in [-0.1, -0.05) is 12.7 Å². The number of likely N-dealkylation sites (tertiary alicyclic amines) is 1. The lowest BCUT2D eigenvalue weighted by atomic mass is 10.2. The zero-order valence-corrected chi connectivity index (χ0v) is 10.1. The monoisotopic (exact) mass is 225 g/mol. The average Bonchev–Trinajstić information content (AvgIpc) is 2.59. The molecule has 0 aromatic carbocycles. The Morgan fingerprint density at radius 2 is 2.06 bits per heavy atom. The maximum absolute atomic E-state index is 11.1. The van der Waals surface area contributed by atoms with Gasteiger partial charge in [-0.3, -0.25) is 4.79 Å². The molecule has 16 heavy (non-hydrogen) atoms. The molecule has 0 aliphatic carbocycles. The van der Waals surface area contributed by atoms with E-state index in [0.29, 0.717) is 13.1 Å². The highest BCUT2D eigenvalue weighted by molar-refractivity contribution is 5.73. The predicted molar refractivity (Wildman–Crippen MR) is 61.7 cm³/mol. The number of aliphatic hydroxyl groups is 1. The molecular weight excluding hydrogens is 206 g/mol. The van der Waals surface area contributed by atoms with E-state index in [9.17, 15) is 9.90 Å². The Kier molecular flexibility index (Phi) is 4.12. The fourth-order valence-corrected chi connectivity index (χ4v) is 1.59. The van der Waals surface area contributed by atoms with Crippen LogP contribution in [-0.4, -0.2) is 41.2 Å². The minimum Gasteiger partial charge on any atom is -0.490 e. The smallest absolute Gasteiger partial charge is 0.219 e. The van der Waals surface area contributed by atoms with Crippen LogP contribution in [0.3, 0.4) is 0 Å². The molecule has 1 amide bonds. The van der Waals surface area contributed by atoms with Gasteiger partial charge in [0, 0.05) is 6.92 Å². The van der Waals surface area contributed by atoms with Crippen molar-refractivity contribution in [1.29, 1.82) is 0 Å². The van der Waals surface area contributed by atoms with E-state index in [-0.39, 0.29) is 12.0 Å². The fourth-order valence-electron chi connectivity index (χ4n) is 1.59. The molecule has 1 N–H and O–H groups in total. The summed E-state index contributed by atoms with van der Waals surface area (Å²) >= 11 is 0. The Balaban J connectivity index is 2.63. The first-order chi connectivity index (χ1) is 7.45. The van der Waals surface area contributed by atoms with E-state index in [2.05, 4.69) is 6.58 Å². The van der Waals surface area contributed by atoms with E-state index in [1.807, 2.05) is 13.8 Å². The van der Waals surface area contributed by atoms with Gasteiger partial charge < -0.3 is 14.7 Å². The molecule has 4 heteroatoms. The number of β-amino-alcohol motifs (C(OH)–C–C–N with tert-alkyl or cyclic N) is 1. The molecule has 1 unspecified atom stereocenters. The van der Waals surface area contributed by atoms with Crippen molar-refractivity contribution >= 4 is 5.91 Å². The van der Waals surface area contributed by atoms with Gasteiger partial charge >= 0.3 is 0 Å². The van der Waals surface area contributed by atoms with Crippen LogP contribution in [0.5, 0.6) is 0 Å². The first-order valence-corrected chi connectivity index (χ1v) is 5.35. The van der Waals surface area contributed by atoms with Gasteiger partial charge in [0.05, 0.1) is 18.8 Å². The maximum atomic E-state index is 11.1. The molecule has 0 spiro atoms. The van der Waals surface area contributed by atoms with Crippen molar-refractivity contribution in [3.63, 3.8) is 0 Å². The van der Waals surface area contributed by atoms with Gasteiger partial charge in [0.15, 0.2) is 0 Å². The Hall–Kier alpha value is -1.29. The van der Waals surface area contributed by atoms with Gasteiger partial charge in [-0.05, 0) is 19.4 Å². The summed E-state index contributed by atoms with van der Waals surface area (Å²) in [4.78, 5) is 12.7. The lowest BCUT2D eigenvalue weighted by Gasteiger charge is -2.17. The van der Waals surface area contributed by atoms with Crippen molar-refractivity contribution in [3.05, 3.63) is 24.0 Å². The summed E-state index contributed by atoms with van der Waals surface area (Å²) in [5.74, 6) is 0.705. The number of amides is 1. The van der Waals surface area contributed by atoms with Crippen LogP contribution in [0.1, 0.15) is 20.8 Å². The van der Waals surface area contributed by atoms with Gasteiger partial charge in [0.1, 0.15) is 12.2 Å². The lowest BCUT2D eigenvalue weighted by Crippen LogP contribution is -2.27. The number of allylic oxidation sites excluding steroid dienone is 3. The van der Waals surface area contributed by atoms with Crippen LogP contribution in [0.25, 0.3) is 0 Å². The summed E-state index contributed by atoms with van der Waals surface area (Å²) < 4.78 is 5.62. The molecule has 1 saturated heterocycles. The summed E-state index contributed by atoms with van der Waals surface area (Å²) in [6.45, 7) is 9.67. The molecule has 0 aromatic rings. The minimum absolute atomic E-state index is 0.0350. The SMILES string of the molecule is C=C/C(C)=C(\C)OC1CN(C(C)=O)C[C@H]1O. The normalized spacial score (nSPS) is 26.4. The first kappa shape index (κ1) is 12.8. The molecule has 1 fully saturated rings. The quantitative estimate of drug-likeness (QED) is 0.577. The standard InChI is InChI=1S/C12H19NO3/c1-5-8(2)9(3)16-12-7-13(10(4)14)6-11(12)15/h5,11-12,15H,1,6-7H2,2-4H3/b9-8+/t11-,12?/m1/s1. The van der Waals surface area contributed by atoms with Crippen LogP contribution in [-0.2, 0) is 9.53 Å². The van der Waals surface area contributed by atoms with Gasteiger partial charge in [0.25, 0.3) is 0 Å². The number of hydrogen-bond donors (Lipinski definition) is 1. The Morgan fingerprint density at radius 3 is 2.50 bits per heavy atom. The van der Waals surface area contributed by atoms with E-state index in [1.165, 1.54) is 6.92 Å². The number of hydrogen-bond acceptors (Lipinski definition) is 3. The van der Waals surface area contributed by atoms with Crippen LogP contribution in [0, 0.1) is 0 Å². The van der Waals surface area contributed by atoms with Crippen LogP contribution in [0.15, 0.2) is 24.0 Å². The highest BCUT2D eigenvalue weighted by Gasteiger charge is 2.34. The predicted octanol–water partition coefficient (Wildman–Crippen LogP) is 1.07. The molecule has 1 aliphatic rings. The second-order valence-electron chi connectivity index (χ2n) is 4.09. The van der Waals surface area contributed by atoms with Crippen molar-refractivity contribution in [2.75, 3.05) is 13.1 Å². The maximum Gasteiger partial charge on any atom is 0.219 e. The Morgan fingerprint density at radius 1 is 1.44 bits per heavy atom. The summed E-state index contributed by atoms with van der Waals surface area (Å²) in [6.07, 6.45) is 0.759. The number of rotatable bonds is 3. The Bertz CT molecular complexity index is 322. The Labute approximate surface area is 96.2 Å². The number of ether oxygens (including phenoxy) is 1. The summed E-state index contributed by atoms with van der Waals surface area (Å²) in [5, 5.41) is 9.74. The van der Waals surface area contributed by atoms with Crippen LogP contribution in [0.4, 0.5) is 0 Å². The third-order valence-corrected chi connectivity index (χ3v) is 2.87. The molecule has 0 bridgehead atoms. The van der Waals surface area contributed by atoms with E-state index in [0.717, 1.165) is 11.3 Å². The van der Waals surface area contributed by atoms with Crippen LogP contribution < -0.4 is 0 Å². The topological polar surface area (TPSA) is 49.8 Å². The van der Waals surface area contributed by atoms with E-state index < -0.39 is 6.10 Å².